The molecule has 1 heterocycles. The molecule has 0 bridgehead atoms. The van der Waals surface area contributed by atoms with Crippen molar-refractivity contribution in [2.45, 2.75) is 19.8 Å². The molecular weight excluding hydrogens is 274 g/mol. The summed E-state index contributed by atoms with van der Waals surface area (Å²) in [6.45, 7) is 4.61. The van der Waals surface area contributed by atoms with Gasteiger partial charge in [0, 0.05) is 19.6 Å². The van der Waals surface area contributed by atoms with Gasteiger partial charge in [-0.3, -0.25) is 4.90 Å². The lowest BCUT2D eigenvalue weighted by molar-refractivity contribution is -0.132. The Balaban J connectivity index is 1.70. The van der Waals surface area contributed by atoms with Gasteiger partial charge < -0.3 is 5.11 Å². The maximum atomic E-state index is 11.6. The summed E-state index contributed by atoms with van der Waals surface area (Å²) >= 11 is 0. The molecule has 3 heteroatoms. The van der Waals surface area contributed by atoms with Crippen molar-refractivity contribution in [1.29, 1.82) is 0 Å². The summed E-state index contributed by atoms with van der Waals surface area (Å²) in [5.41, 5.74) is 2.63. The van der Waals surface area contributed by atoms with E-state index in [9.17, 15) is 9.90 Å². The van der Waals surface area contributed by atoms with Gasteiger partial charge in [-0.1, -0.05) is 42.0 Å². The number of aliphatic carboxylic acids is 1. The van der Waals surface area contributed by atoms with E-state index in [4.69, 9.17) is 0 Å². The number of hydrogen-bond donors (Lipinski definition) is 1. The van der Waals surface area contributed by atoms with Gasteiger partial charge in [-0.25, -0.2) is 4.79 Å². The molecular formula is C19H23NO2. The molecule has 1 aliphatic carbocycles. The van der Waals surface area contributed by atoms with E-state index in [2.05, 4.69) is 17.1 Å². The molecule has 1 N–H and O–H groups in total. The summed E-state index contributed by atoms with van der Waals surface area (Å²) in [6, 6.07) is 7.99. The minimum atomic E-state index is -0.812. The molecule has 0 spiro atoms. The smallest absolute Gasteiger partial charge is 0.332 e. The average molecular weight is 297 g/mol. The fraction of sp³-hybridized carbons (Fsp3) is 0.421. The number of allylic oxidation sites excluding steroid dienone is 2. The van der Waals surface area contributed by atoms with Gasteiger partial charge in [0.05, 0.1) is 5.57 Å². The van der Waals surface area contributed by atoms with Gasteiger partial charge in [-0.2, -0.15) is 0 Å². The van der Waals surface area contributed by atoms with Gasteiger partial charge in [0.2, 0.25) is 0 Å². The number of likely N-dealkylation sites (tertiary alicyclic amines) is 1. The molecule has 1 aliphatic heterocycles. The van der Waals surface area contributed by atoms with Crippen LogP contribution >= 0.6 is 0 Å². The van der Waals surface area contributed by atoms with Crippen LogP contribution in [0.2, 0.25) is 0 Å². The number of nitrogens with zero attached hydrogens (tertiary/aromatic N) is 1. The fourth-order valence-corrected chi connectivity index (χ4v) is 3.52. The van der Waals surface area contributed by atoms with Crippen LogP contribution in [-0.2, 0) is 4.79 Å². The van der Waals surface area contributed by atoms with Crippen molar-refractivity contribution in [1.82, 2.24) is 4.90 Å². The molecule has 0 radical (unpaired) electrons. The Bertz CT molecular complexity index is 584. The van der Waals surface area contributed by atoms with Crippen molar-refractivity contribution in [3.63, 3.8) is 0 Å². The Morgan fingerprint density at radius 3 is 2.32 bits per heavy atom. The molecule has 1 saturated heterocycles. The molecule has 2 unspecified atom stereocenters. The minimum absolute atomic E-state index is 0.482. The number of fused-ring (bicyclic) bond motifs is 1. The second kappa shape index (κ2) is 6.49. The number of rotatable bonds is 4. The largest absolute Gasteiger partial charge is 0.478 e. The second-order valence-corrected chi connectivity index (χ2v) is 6.54. The molecule has 3 nitrogen and oxygen atoms in total. The Kier molecular flexibility index (Phi) is 4.44. The molecule has 1 aromatic rings. The van der Waals surface area contributed by atoms with Crippen molar-refractivity contribution in [2.24, 2.45) is 11.8 Å². The van der Waals surface area contributed by atoms with Crippen LogP contribution in [0.3, 0.4) is 0 Å². The number of benzene rings is 1. The van der Waals surface area contributed by atoms with Crippen molar-refractivity contribution >= 4 is 12.0 Å². The van der Waals surface area contributed by atoms with Gasteiger partial charge >= 0.3 is 5.97 Å². The van der Waals surface area contributed by atoms with E-state index in [1.54, 1.807) is 0 Å². The zero-order valence-corrected chi connectivity index (χ0v) is 13.0. The Morgan fingerprint density at radius 1 is 1.18 bits per heavy atom. The van der Waals surface area contributed by atoms with Crippen LogP contribution in [0.15, 0.2) is 42.0 Å². The van der Waals surface area contributed by atoms with Crippen LogP contribution in [0.5, 0.6) is 0 Å². The standard InChI is InChI=1S/C19H23NO2/c1-14-6-8-15(9-7-14)10-18(19(21)22)13-20-11-16-4-2-3-5-17(16)12-20/h2-3,6-10,16-17H,4-5,11-13H2,1H3,(H,21,22). The third kappa shape index (κ3) is 3.47. The van der Waals surface area contributed by atoms with Crippen LogP contribution in [0.4, 0.5) is 0 Å². The monoisotopic (exact) mass is 297 g/mol. The molecule has 2 aliphatic rings. The van der Waals surface area contributed by atoms with Gasteiger partial charge in [-0.15, -0.1) is 0 Å². The number of carboxylic acids is 1. The van der Waals surface area contributed by atoms with Gasteiger partial charge in [0.15, 0.2) is 0 Å². The minimum Gasteiger partial charge on any atom is -0.478 e. The average Bonchev–Trinajstić information content (AvgIpc) is 2.91. The first-order valence-electron chi connectivity index (χ1n) is 7.99. The highest BCUT2D eigenvalue weighted by Gasteiger charge is 2.33. The quantitative estimate of drug-likeness (QED) is 0.684. The van der Waals surface area contributed by atoms with Crippen molar-refractivity contribution in [3.8, 4) is 0 Å². The summed E-state index contributed by atoms with van der Waals surface area (Å²) < 4.78 is 0. The summed E-state index contributed by atoms with van der Waals surface area (Å²) in [5.74, 6) is 0.604. The Hall–Kier alpha value is -1.87. The molecule has 0 saturated carbocycles. The van der Waals surface area contributed by atoms with E-state index in [1.807, 2.05) is 37.3 Å². The van der Waals surface area contributed by atoms with E-state index >= 15 is 0 Å². The van der Waals surface area contributed by atoms with Crippen molar-refractivity contribution in [2.75, 3.05) is 19.6 Å². The van der Waals surface area contributed by atoms with Gasteiger partial charge in [0.1, 0.15) is 0 Å². The molecule has 2 atom stereocenters. The highest BCUT2D eigenvalue weighted by atomic mass is 16.4. The normalized spacial score (nSPS) is 25.2. The number of hydrogen-bond acceptors (Lipinski definition) is 2. The van der Waals surface area contributed by atoms with Crippen LogP contribution in [-0.4, -0.2) is 35.6 Å². The summed E-state index contributed by atoms with van der Waals surface area (Å²) in [7, 11) is 0. The maximum Gasteiger partial charge on any atom is 0.332 e. The lowest BCUT2D eigenvalue weighted by Crippen LogP contribution is -2.26. The molecule has 1 aromatic carbocycles. The first-order valence-corrected chi connectivity index (χ1v) is 7.99. The predicted octanol–water partition coefficient (Wildman–Crippen LogP) is 3.36. The number of carboxylic acid groups (broad SMARTS) is 1. The molecule has 3 rings (SSSR count). The highest BCUT2D eigenvalue weighted by Crippen LogP contribution is 2.33. The van der Waals surface area contributed by atoms with Crippen LogP contribution in [0.1, 0.15) is 24.0 Å². The van der Waals surface area contributed by atoms with E-state index in [1.165, 1.54) is 5.56 Å². The Labute approximate surface area is 132 Å². The molecule has 116 valence electrons. The summed E-state index contributed by atoms with van der Waals surface area (Å²) in [6.07, 6.45) is 8.63. The SMILES string of the molecule is Cc1ccc(C=C(CN2CC3CC=CCC3C2)C(=O)O)cc1. The van der Waals surface area contributed by atoms with Crippen molar-refractivity contribution in [3.05, 3.63) is 53.1 Å². The number of aryl methyl sites for hydroxylation is 1. The Morgan fingerprint density at radius 2 is 1.77 bits per heavy atom. The highest BCUT2D eigenvalue weighted by molar-refractivity contribution is 5.92. The maximum absolute atomic E-state index is 11.6. The van der Waals surface area contributed by atoms with E-state index in [-0.39, 0.29) is 0 Å². The van der Waals surface area contributed by atoms with Crippen LogP contribution < -0.4 is 0 Å². The number of carbonyl (C=O) groups is 1. The first-order chi connectivity index (χ1) is 10.6. The topological polar surface area (TPSA) is 40.5 Å². The summed E-state index contributed by atoms with van der Waals surface area (Å²) in [4.78, 5) is 13.9. The zero-order valence-electron chi connectivity index (χ0n) is 13.0. The third-order valence-electron chi connectivity index (χ3n) is 4.78. The van der Waals surface area contributed by atoms with Gasteiger partial charge in [-0.05, 0) is 43.2 Å². The second-order valence-electron chi connectivity index (χ2n) is 6.54. The van der Waals surface area contributed by atoms with E-state index in [0.717, 1.165) is 31.5 Å². The summed E-state index contributed by atoms with van der Waals surface area (Å²) in [5, 5.41) is 9.50. The van der Waals surface area contributed by atoms with Crippen molar-refractivity contribution < 1.29 is 9.90 Å². The van der Waals surface area contributed by atoms with E-state index in [0.29, 0.717) is 24.0 Å². The third-order valence-corrected chi connectivity index (χ3v) is 4.78. The predicted molar refractivity (Wildman–Crippen MR) is 88.6 cm³/mol. The van der Waals surface area contributed by atoms with Crippen LogP contribution in [0.25, 0.3) is 6.08 Å². The molecule has 0 amide bonds. The molecule has 0 aromatic heterocycles. The van der Waals surface area contributed by atoms with Crippen LogP contribution in [0, 0.1) is 18.8 Å². The molecule has 22 heavy (non-hydrogen) atoms. The molecule has 1 fully saturated rings. The van der Waals surface area contributed by atoms with Gasteiger partial charge in [0.25, 0.3) is 0 Å². The zero-order chi connectivity index (χ0) is 15.5. The fourth-order valence-electron chi connectivity index (χ4n) is 3.52. The lowest BCUT2D eigenvalue weighted by atomic mass is 9.86. The van der Waals surface area contributed by atoms with E-state index < -0.39 is 5.97 Å². The first kappa shape index (κ1) is 15.0. The lowest BCUT2D eigenvalue weighted by Gasteiger charge is -2.18.